The lowest BCUT2D eigenvalue weighted by atomic mass is 9.92. The van der Waals surface area contributed by atoms with Crippen molar-refractivity contribution in [2.45, 2.75) is 40.0 Å². The summed E-state index contributed by atoms with van der Waals surface area (Å²) in [5.74, 6) is 0.622. The Kier molecular flexibility index (Phi) is 5.97. The maximum absolute atomic E-state index is 11.5. The number of aromatic hydroxyl groups is 1. The average molecular weight is 361 g/mol. The molecule has 0 amide bonds. The van der Waals surface area contributed by atoms with Crippen molar-refractivity contribution in [3.63, 3.8) is 0 Å². The minimum atomic E-state index is -3.08. The standard InChI is InChI=1S/C20H28NO3P/c1-13(2)18-10-16(6-7-20(18)22)11-19-14(3)8-17(9-15(19)4)21-12-25(5,23)24/h6-10,13,21-22H,11-12H2,1-5H3,(H,23,24). The smallest absolute Gasteiger partial charge is 0.216 e. The third-order valence-corrected chi connectivity index (χ3v) is 5.11. The van der Waals surface area contributed by atoms with Gasteiger partial charge in [0.1, 0.15) is 5.75 Å². The second-order valence-electron chi connectivity index (χ2n) is 7.20. The van der Waals surface area contributed by atoms with Gasteiger partial charge in [-0.25, -0.2) is 0 Å². The van der Waals surface area contributed by atoms with E-state index in [2.05, 4.69) is 39.1 Å². The van der Waals surface area contributed by atoms with Gasteiger partial charge in [-0.1, -0.05) is 26.0 Å². The topological polar surface area (TPSA) is 69.6 Å². The zero-order chi connectivity index (χ0) is 18.8. The molecule has 0 aliphatic heterocycles. The van der Waals surface area contributed by atoms with E-state index >= 15 is 0 Å². The van der Waals surface area contributed by atoms with E-state index in [1.54, 1.807) is 6.07 Å². The van der Waals surface area contributed by atoms with E-state index in [4.69, 9.17) is 0 Å². The predicted molar refractivity (Wildman–Crippen MR) is 105 cm³/mol. The lowest BCUT2D eigenvalue weighted by Crippen LogP contribution is -2.04. The monoisotopic (exact) mass is 361 g/mol. The van der Waals surface area contributed by atoms with Gasteiger partial charge < -0.3 is 15.3 Å². The van der Waals surface area contributed by atoms with Gasteiger partial charge in [0.2, 0.25) is 7.37 Å². The van der Waals surface area contributed by atoms with Gasteiger partial charge >= 0.3 is 0 Å². The maximum atomic E-state index is 11.5. The van der Waals surface area contributed by atoms with Gasteiger partial charge in [0, 0.05) is 12.4 Å². The van der Waals surface area contributed by atoms with Crippen LogP contribution in [0.4, 0.5) is 5.69 Å². The summed E-state index contributed by atoms with van der Waals surface area (Å²) in [7, 11) is -3.08. The molecule has 0 spiro atoms. The number of nitrogens with one attached hydrogen (secondary N) is 1. The van der Waals surface area contributed by atoms with Crippen LogP contribution in [0.5, 0.6) is 5.75 Å². The highest BCUT2D eigenvalue weighted by Crippen LogP contribution is 2.35. The van der Waals surface area contributed by atoms with Gasteiger partial charge in [0.05, 0.1) is 6.29 Å². The Balaban J connectivity index is 2.26. The molecule has 136 valence electrons. The fourth-order valence-corrected chi connectivity index (χ4v) is 3.47. The second kappa shape index (κ2) is 7.63. The molecule has 2 aromatic carbocycles. The third kappa shape index (κ3) is 5.35. The third-order valence-electron chi connectivity index (χ3n) is 4.37. The van der Waals surface area contributed by atoms with E-state index < -0.39 is 7.37 Å². The molecule has 0 heterocycles. The summed E-state index contributed by atoms with van der Waals surface area (Å²) < 4.78 is 11.5. The lowest BCUT2D eigenvalue weighted by molar-refractivity contribution is 0.464. The molecule has 0 fully saturated rings. The van der Waals surface area contributed by atoms with E-state index in [0.717, 1.165) is 28.8 Å². The molecule has 3 N–H and O–H groups in total. The molecule has 0 saturated carbocycles. The molecule has 0 aromatic heterocycles. The van der Waals surface area contributed by atoms with Gasteiger partial charge in [0.25, 0.3) is 0 Å². The average Bonchev–Trinajstić information content (AvgIpc) is 2.49. The highest BCUT2D eigenvalue weighted by Gasteiger charge is 2.12. The van der Waals surface area contributed by atoms with Gasteiger partial charge in [-0.3, -0.25) is 4.57 Å². The number of phenolic OH excluding ortho intramolecular Hbond substituents is 1. The largest absolute Gasteiger partial charge is 0.508 e. The first-order valence-corrected chi connectivity index (χ1v) is 10.8. The summed E-state index contributed by atoms with van der Waals surface area (Å²) in [6.07, 6.45) is 0.866. The Bertz CT molecular complexity index is 786. The number of phenols is 1. The Morgan fingerprint density at radius 2 is 1.72 bits per heavy atom. The van der Waals surface area contributed by atoms with Gasteiger partial charge in [-0.2, -0.15) is 0 Å². The van der Waals surface area contributed by atoms with Crippen molar-refractivity contribution in [1.82, 2.24) is 0 Å². The predicted octanol–water partition coefficient (Wildman–Crippen LogP) is 4.99. The highest BCUT2D eigenvalue weighted by molar-refractivity contribution is 7.57. The Hall–Kier alpha value is -1.77. The molecule has 1 atom stereocenters. The number of benzene rings is 2. The van der Waals surface area contributed by atoms with Crippen LogP contribution in [0.2, 0.25) is 0 Å². The van der Waals surface area contributed by atoms with Crippen molar-refractivity contribution in [2.75, 3.05) is 18.3 Å². The number of rotatable bonds is 6. The van der Waals surface area contributed by atoms with Gasteiger partial charge in [-0.15, -0.1) is 0 Å². The molecule has 2 aromatic rings. The minimum absolute atomic E-state index is 0.0704. The van der Waals surface area contributed by atoms with E-state index in [1.165, 1.54) is 17.8 Å². The molecule has 0 aliphatic carbocycles. The molecule has 2 rings (SSSR count). The zero-order valence-electron chi connectivity index (χ0n) is 15.6. The Morgan fingerprint density at radius 3 is 2.24 bits per heavy atom. The van der Waals surface area contributed by atoms with Crippen molar-refractivity contribution >= 4 is 13.1 Å². The van der Waals surface area contributed by atoms with Crippen LogP contribution in [0.1, 0.15) is 47.6 Å². The summed E-state index contributed by atoms with van der Waals surface area (Å²) in [6, 6.07) is 9.84. The van der Waals surface area contributed by atoms with Crippen molar-refractivity contribution in [3.8, 4) is 5.75 Å². The van der Waals surface area contributed by atoms with E-state index in [-0.39, 0.29) is 12.2 Å². The first kappa shape index (κ1) is 19.6. The minimum Gasteiger partial charge on any atom is -0.508 e. The van der Waals surface area contributed by atoms with Crippen LogP contribution in [0.15, 0.2) is 30.3 Å². The van der Waals surface area contributed by atoms with E-state index in [0.29, 0.717) is 5.75 Å². The zero-order valence-corrected chi connectivity index (χ0v) is 16.5. The molecule has 0 saturated heterocycles. The second-order valence-corrected chi connectivity index (χ2v) is 9.62. The Morgan fingerprint density at radius 1 is 1.12 bits per heavy atom. The first-order chi connectivity index (χ1) is 11.6. The number of aryl methyl sites for hydroxylation is 2. The van der Waals surface area contributed by atoms with Gasteiger partial charge in [0.15, 0.2) is 0 Å². The van der Waals surface area contributed by atoms with Crippen LogP contribution in [0.25, 0.3) is 0 Å². The molecule has 1 unspecified atom stereocenters. The lowest BCUT2D eigenvalue weighted by Gasteiger charge is -2.16. The summed E-state index contributed by atoms with van der Waals surface area (Å²) in [5, 5.41) is 13.0. The molecule has 5 heteroatoms. The highest BCUT2D eigenvalue weighted by atomic mass is 31.2. The summed E-state index contributed by atoms with van der Waals surface area (Å²) >= 11 is 0. The van der Waals surface area contributed by atoms with Crippen molar-refractivity contribution in [3.05, 3.63) is 58.1 Å². The van der Waals surface area contributed by atoms with Crippen LogP contribution in [0.3, 0.4) is 0 Å². The summed E-state index contributed by atoms with van der Waals surface area (Å²) in [4.78, 5) is 9.43. The molecular formula is C20H28NO3P. The number of hydrogen-bond donors (Lipinski definition) is 3. The Labute approximate surface area is 150 Å². The first-order valence-electron chi connectivity index (χ1n) is 8.52. The molecular weight excluding hydrogens is 333 g/mol. The molecule has 25 heavy (non-hydrogen) atoms. The van der Waals surface area contributed by atoms with Crippen molar-refractivity contribution in [2.24, 2.45) is 0 Å². The fourth-order valence-electron chi connectivity index (χ4n) is 2.99. The number of hydrogen-bond acceptors (Lipinski definition) is 3. The molecule has 0 aliphatic rings. The molecule has 0 bridgehead atoms. The summed E-state index contributed by atoms with van der Waals surface area (Å²) in [6.45, 7) is 9.61. The fraction of sp³-hybridized carbons (Fsp3) is 0.400. The molecule has 0 radical (unpaired) electrons. The SMILES string of the molecule is Cc1cc(NCP(C)(=O)O)cc(C)c1Cc1ccc(O)c(C(C)C)c1. The summed E-state index contributed by atoms with van der Waals surface area (Å²) in [5.41, 5.74) is 6.53. The van der Waals surface area contributed by atoms with Crippen LogP contribution in [-0.4, -0.2) is 23.0 Å². The van der Waals surface area contributed by atoms with Crippen LogP contribution >= 0.6 is 7.37 Å². The quantitative estimate of drug-likeness (QED) is 0.634. The van der Waals surface area contributed by atoms with Crippen molar-refractivity contribution in [1.29, 1.82) is 0 Å². The van der Waals surface area contributed by atoms with Gasteiger partial charge in [-0.05, 0) is 72.2 Å². The number of anilines is 1. The van der Waals surface area contributed by atoms with Crippen LogP contribution in [-0.2, 0) is 11.0 Å². The molecule has 4 nitrogen and oxygen atoms in total. The van der Waals surface area contributed by atoms with Crippen LogP contribution < -0.4 is 5.32 Å². The maximum Gasteiger partial charge on any atom is 0.216 e. The van der Waals surface area contributed by atoms with Crippen LogP contribution in [0, 0.1) is 13.8 Å². The van der Waals surface area contributed by atoms with E-state index in [9.17, 15) is 14.6 Å². The van der Waals surface area contributed by atoms with E-state index in [1.807, 2.05) is 18.2 Å². The van der Waals surface area contributed by atoms with Crippen molar-refractivity contribution < 1.29 is 14.6 Å². The normalized spacial score (nSPS) is 13.7.